The number of rotatable bonds is 9. The van der Waals surface area contributed by atoms with Crippen molar-refractivity contribution in [3.05, 3.63) is 106 Å². The molecular formula is C42H42ClFN6O3. The third kappa shape index (κ3) is 5.91. The largest absolute Gasteiger partial charge is 0.473 e. The maximum atomic E-state index is 14.3. The van der Waals surface area contributed by atoms with Gasteiger partial charge in [-0.05, 0) is 111 Å². The lowest BCUT2D eigenvalue weighted by atomic mass is 9.90. The molecule has 1 amide bonds. The summed E-state index contributed by atoms with van der Waals surface area (Å²) in [6.07, 6.45) is 6.82. The van der Waals surface area contributed by atoms with E-state index in [-0.39, 0.29) is 35.3 Å². The third-order valence-corrected chi connectivity index (χ3v) is 12.8. The average molecular weight is 733 g/mol. The second-order valence-electron chi connectivity index (χ2n) is 15.8. The normalized spacial score (nSPS) is 21.7. The van der Waals surface area contributed by atoms with Crippen molar-refractivity contribution in [1.29, 1.82) is 0 Å². The molecule has 0 bridgehead atoms. The maximum absolute atomic E-state index is 14.3. The molecule has 1 unspecified atom stereocenters. The molecule has 9 nitrogen and oxygen atoms in total. The molecule has 11 heteroatoms. The van der Waals surface area contributed by atoms with Crippen LogP contribution >= 0.6 is 11.6 Å². The number of amides is 1. The van der Waals surface area contributed by atoms with Crippen molar-refractivity contribution < 1.29 is 18.7 Å². The number of fused-ring (bicyclic) bond motifs is 3. The molecule has 2 saturated heterocycles. The minimum Gasteiger partial charge on any atom is -0.473 e. The fourth-order valence-corrected chi connectivity index (χ4v) is 9.10. The zero-order chi connectivity index (χ0) is 35.9. The van der Waals surface area contributed by atoms with Gasteiger partial charge >= 0.3 is 0 Å². The molecule has 5 aromatic rings. The van der Waals surface area contributed by atoms with E-state index in [1.807, 2.05) is 30.3 Å². The molecule has 2 saturated carbocycles. The summed E-state index contributed by atoms with van der Waals surface area (Å²) in [5.41, 5.74) is 7.94. The van der Waals surface area contributed by atoms with E-state index in [0.29, 0.717) is 27.9 Å². The standard InChI is InChI=1S/C42H42ClFN6O3/c1-25-17-27(18-31-38(25)45-24-42(31)10-11-42)40(51)46-29-7-8-35-34(20-29)47-39(50(35)22-30-9-16-52-30)32-21-41(32)12-14-49(15-13-41)36-3-2-4-37(48-36)53-23-26-5-6-28(43)19-33(26)44/h2-8,17-20,30,32,45H,9-16,21-24H2,1H3,(H,46,51)/t30-,32?/m0/s1. The first-order chi connectivity index (χ1) is 25.8. The van der Waals surface area contributed by atoms with E-state index in [0.717, 1.165) is 92.4 Å². The number of aryl methyl sites for hydroxylation is 1. The van der Waals surface area contributed by atoms with Gasteiger partial charge < -0.3 is 29.6 Å². The number of piperidine rings is 1. The number of halogens is 2. The Morgan fingerprint density at radius 3 is 2.70 bits per heavy atom. The molecule has 3 aliphatic heterocycles. The highest BCUT2D eigenvalue weighted by atomic mass is 35.5. The number of hydrogen-bond donors (Lipinski definition) is 2. The molecular weight excluding hydrogens is 691 g/mol. The molecule has 272 valence electrons. The Labute approximate surface area is 312 Å². The summed E-state index contributed by atoms with van der Waals surface area (Å²) < 4.78 is 28.4. The number of anilines is 3. The average Bonchev–Trinajstić information content (AvgIpc) is 3.99. The predicted molar refractivity (Wildman–Crippen MR) is 204 cm³/mol. The van der Waals surface area contributed by atoms with Crippen molar-refractivity contribution in [2.45, 2.75) is 76.0 Å². The van der Waals surface area contributed by atoms with E-state index in [1.54, 1.807) is 18.2 Å². The summed E-state index contributed by atoms with van der Waals surface area (Å²) in [5, 5.41) is 7.11. The Kier molecular flexibility index (Phi) is 7.74. The van der Waals surface area contributed by atoms with Crippen LogP contribution in [0, 0.1) is 18.2 Å². The number of nitrogens with one attached hydrogen (secondary N) is 2. The summed E-state index contributed by atoms with van der Waals surface area (Å²) in [6.45, 7) is 6.52. The Morgan fingerprint density at radius 2 is 1.92 bits per heavy atom. The van der Waals surface area contributed by atoms with Crippen LogP contribution in [0.25, 0.3) is 11.0 Å². The summed E-state index contributed by atoms with van der Waals surface area (Å²) in [7, 11) is 0. The van der Waals surface area contributed by atoms with Crippen LogP contribution in [0.15, 0.2) is 66.7 Å². The van der Waals surface area contributed by atoms with Crippen LogP contribution in [0.4, 0.5) is 21.6 Å². The molecule has 4 fully saturated rings. The smallest absolute Gasteiger partial charge is 0.255 e. The van der Waals surface area contributed by atoms with Gasteiger partial charge in [-0.3, -0.25) is 4.79 Å². The number of pyridine rings is 1. The number of hydrogen-bond acceptors (Lipinski definition) is 7. The number of carbonyl (C=O) groups is 1. The highest BCUT2D eigenvalue weighted by Crippen LogP contribution is 2.65. The zero-order valence-electron chi connectivity index (χ0n) is 29.8. The molecule has 0 radical (unpaired) electrons. The van der Waals surface area contributed by atoms with E-state index >= 15 is 0 Å². The van der Waals surface area contributed by atoms with Crippen LogP contribution in [0.1, 0.15) is 77.3 Å². The Bertz CT molecular complexity index is 2270. The lowest BCUT2D eigenvalue weighted by molar-refractivity contribution is -0.0590. The van der Waals surface area contributed by atoms with Gasteiger partial charge in [0.2, 0.25) is 5.88 Å². The molecule has 10 rings (SSSR count). The van der Waals surface area contributed by atoms with Crippen LogP contribution in [0.5, 0.6) is 5.88 Å². The van der Waals surface area contributed by atoms with Crippen LogP contribution in [-0.2, 0) is 23.3 Å². The van der Waals surface area contributed by atoms with Crippen molar-refractivity contribution in [3.8, 4) is 5.88 Å². The first-order valence-electron chi connectivity index (χ1n) is 18.9. The molecule has 53 heavy (non-hydrogen) atoms. The first-order valence-corrected chi connectivity index (χ1v) is 19.2. The number of ether oxygens (including phenoxy) is 2. The molecule has 2 aromatic heterocycles. The SMILES string of the molecule is Cc1cc(C(=O)Nc2ccc3c(c2)nc(C2CC24CCN(c2cccc(OCc5ccc(Cl)cc5F)n2)CC4)n3C[C@@H]2CCO2)cc2c1NCC21CC1. The number of nitrogens with zero attached hydrogens (tertiary/aromatic N) is 4. The van der Waals surface area contributed by atoms with Crippen LogP contribution in [0.2, 0.25) is 5.02 Å². The summed E-state index contributed by atoms with van der Waals surface area (Å²) >= 11 is 5.90. The summed E-state index contributed by atoms with van der Waals surface area (Å²) in [5.74, 6) is 2.36. The maximum Gasteiger partial charge on any atom is 0.255 e. The first kappa shape index (κ1) is 32.9. The number of carbonyl (C=O) groups excluding carboxylic acids is 1. The van der Waals surface area contributed by atoms with Crippen molar-refractivity contribution in [3.63, 3.8) is 0 Å². The number of benzene rings is 3. The molecule has 5 heterocycles. The minimum absolute atomic E-state index is 0.0812. The minimum atomic E-state index is -0.389. The van der Waals surface area contributed by atoms with Crippen molar-refractivity contribution >= 4 is 45.7 Å². The van der Waals surface area contributed by atoms with Gasteiger partial charge in [0.1, 0.15) is 24.1 Å². The van der Waals surface area contributed by atoms with Gasteiger partial charge in [-0.25, -0.2) is 9.37 Å². The molecule has 5 aliphatic rings. The molecule has 2 atom stereocenters. The van der Waals surface area contributed by atoms with E-state index in [9.17, 15) is 9.18 Å². The van der Waals surface area contributed by atoms with Crippen LogP contribution < -0.4 is 20.3 Å². The van der Waals surface area contributed by atoms with Crippen molar-refractivity contribution in [2.24, 2.45) is 5.41 Å². The lowest BCUT2D eigenvalue weighted by Gasteiger charge is -2.34. The monoisotopic (exact) mass is 732 g/mol. The van der Waals surface area contributed by atoms with E-state index < -0.39 is 0 Å². The van der Waals surface area contributed by atoms with Crippen molar-refractivity contribution in [2.75, 3.05) is 41.8 Å². The zero-order valence-corrected chi connectivity index (χ0v) is 30.5. The van der Waals surface area contributed by atoms with Gasteiger partial charge in [-0.15, -0.1) is 0 Å². The Morgan fingerprint density at radius 1 is 1.08 bits per heavy atom. The fourth-order valence-electron chi connectivity index (χ4n) is 8.94. The number of aromatic nitrogens is 3. The van der Waals surface area contributed by atoms with E-state index in [2.05, 4.69) is 39.2 Å². The molecule has 2 N–H and O–H groups in total. The van der Waals surface area contributed by atoms with Crippen LogP contribution in [-0.4, -0.2) is 52.8 Å². The third-order valence-electron chi connectivity index (χ3n) is 12.5. The van der Waals surface area contributed by atoms with Gasteiger partial charge in [0.05, 0.1) is 23.7 Å². The highest BCUT2D eigenvalue weighted by molar-refractivity contribution is 6.30. The molecule has 2 spiro atoms. The Balaban J connectivity index is 0.842. The second kappa shape index (κ2) is 12.5. The second-order valence-corrected chi connectivity index (χ2v) is 16.3. The summed E-state index contributed by atoms with van der Waals surface area (Å²) in [4.78, 5) is 25.9. The molecule has 3 aromatic carbocycles. The topological polar surface area (TPSA) is 93.5 Å². The quantitative estimate of drug-likeness (QED) is 0.157. The predicted octanol–water partition coefficient (Wildman–Crippen LogP) is 8.38. The fraction of sp³-hybridized carbons (Fsp3) is 0.405. The van der Waals surface area contributed by atoms with Crippen molar-refractivity contribution in [1.82, 2.24) is 14.5 Å². The van der Waals surface area contributed by atoms with E-state index in [4.69, 9.17) is 31.0 Å². The van der Waals surface area contributed by atoms with Crippen LogP contribution in [0.3, 0.4) is 0 Å². The van der Waals surface area contributed by atoms with E-state index in [1.165, 1.54) is 30.2 Å². The van der Waals surface area contributed by atoms with Gasteiger partial charge in [-0.1, -0.05) is 23.7 Å². The Hall–Kier alpha value is -4.67. The van der Waals surface area contributed by atoms with Gasteiger partial charge in [0.15, 0.2) is 0 Å². The van der Waals surface area contributed by atoms with Gasteiger partial charge in [-0.2, -0.15) is 4.98 Å². The van der Waals surface area contributed by atoms with Gasteiger partial charge in [0, 0.05) is 71.2 Å². The van der Waals surface area contributed by atoms with Gasteiger partial charge in [0.25, 0.3) is 5.91 Å². The number of imidazole rings is 1. The summed E-state index contributed by atoms with van der Waals surface area (Å²) in [6, 6.07) is 20.6. The lowest BCUT2D eigenvalue weighted by Crippen LogP contribution is -2.36. The highest BCUT2D eigenvalue weighted by Gasteiger charge is 2.57. The molecule has 2 aliphatic carbocycles.